The Hall–Kier alpha value is -3.44. The number of thiazole rings is 2. The Kier molecular flexibility index (Phi) is 5.76. The van der Waals surface area contributed by atoms with Gasteiger partial charge in [-0.2, -0.15) is 5.26 Å². The average molecular weight is 529 g/mol. The van der Waals surface area contributed by atoms with Crippen molar-refractivity contribution in [3.8, 4) is 17.2 Å². The van der Waals surface area contributed by atoms with Crippen LogP contribution in [0.25, 0.3) is 21.3 Å². The van der Waals surface area contributed by atoms with Crippen LogP contribution in [0.1, 0.15) is 17.1 Å². The summed E-state index contributed by atoms with van der Waals surface area (Å²) in [4.78, 5) is 24.7. The number of urea groups is 1. The van der Waals surface area contributed by atoms with E-state index >= 15 is 0 Å². The third-order valence-corrected chi connectivity index (χ3v) is 9.24. The predicted molar refractivity (Wildman–Crippen MR) is 133 cm³/mol. The molecular formula is C22H17FN6O3S3. The zero-order chi connectivity index (χ0) is 24.9. The number of carbonyl (C=O) groups excluding carboxylic acids is 1. The summed E-state index contributed by atoms with van der Waals surface area (Å²) in [5.41, 5.74) is 2.65. The number of nitriles is 1. The van der Waals surface area contributed by atoms with Gasteiger partial charge in [-0.3, -0.25) is 9.80 Å². The van der Waals surface area contributed by atoms with Crippen molar-refractivity contribution in [1.82, 2.24) is 9.97 Å². The highest BCUT2D eigenvalue weighted by atomic mass is 32.2. The van der Waals surface area contributed by atoms with Crippen LogP contribution in [-0.4, -0.2) is 37.5 Å². The van der Waals surface area contributed by atoms with E-state index < -0.39 is 15.8 Å². The molecule has 9 nitrogen and oxygen atoms in total. The molecule has 1 saturated heterocycles. The molecule has 0 radical (unpaired) electrons. The lowest BCUT2D eigenvalue weighted by atomic mass is 10.0. The first-order valence-corrected chi connectivity index (χ1v) is 13.5. The largest absolute Gasteiger partial charge is 0.330 e. The number of aryl methyl sites for hydroxylation is 1. The van der Waals surface area contributed by atoms with Crippen molar-refractivity contribution >= 4 is 59.8 Å². The first-order valence-electron chi connectivity index (χ1n) is 10.4. The second-order valence-electron chi connectivity index (χ2n) is 7.83. The maximum Gasteiger partial charge on any atom is 0.330 e. The Balaban J connectivity index is 1.45. The zero-order valence-corrected chi connectivity index (χ0v) is 20.7. The van der Waals surface area contributed by atoms with Crippen molar-refractivity contribution in [2.24, 2.45) is 5.14 Å². The van der Waals surface area contributed by atoms with E-state index in [4.69, 9.17) is 10.4 Å². The van der Waals surface area contributed by atoms with Gasteiger partial charge in [0.15, 0.2) is 14.3 Å². The van der Waals surface area contributed by atoms with Crippen molar-refractivity contribution in [1.29, 1.82) is 5.26 Å². The van der Waals surface area contributed by atoms with Crippen molar-refractivity contribution in [3.63, 3.8) is 0 Å². The second kappa shape index (κ2) is 8.65. The molecule has 35 heavy (non-hydrogen) atoms. The molecule has 0 spiro atoms. The van der Waals surface area contributed by atoms with Gasteiger partial charge in [-0.25, -0.2) is 32.7 Å². The summed E-state index contributed by atoms with van der Waals surface area (Å²) in [6.07, 6.45) is 0.652. The molecule has 4 aromatic rings. The molecule has 2 aromatic heterocycles. The van der Waals surface area contributed by atoms with Gasteiger partial charge in [0.2, 0.25) is 10.0 Å². The van der Waals surface area contributed by atoms with E-state index in [0.717, 1.165) is 16.9 Å². The van der Waals surface area contributed by atoms with Gasteiger partial charge in [0, 0.05) is 30.4 Å². The Bertz CT molecular complexity index is 1620. The SMILES string of the molecule is Cc1nc(N2CCCN(c3ccc(-c4cc(F)cc5nc(C#N)sc45)cc3)C2=O)sc1S(N)(=O)=O. The number of primary sulfonamides is 1. The molecule has 1 aliphatic heterocycles. The molecule has 0 atom stereocenters. The summed E-state index contributed by atoms with van der Waals surface area (Å²) < 4.78 is 38.4. The van der Waals surface area contributed by atoms with Crippen LogP contribution in [0.4, 0.5) is 20.0 Å². The Morgan fingerprint density at radius 1 is 1.11 bits per heavy atom. The fourth-order valence-electron chi connectivity index (χ4n) is 3.97. The van der Waals surface area contributed by atoms with Crippen molar-refractivity contribution in [2.75, 3.05) is 22.9 Å². The van der Waals surface area contributed by atoms with Gasteiger partial charge in [0.25, 0.3) is 0 Å². The van der Waals surface area contributed by atoms with Gasteiger partial charge in [0.05, 0.1) is 15.9 Å². The Morgan fingerprint density at radius 3 is 2.49 bits per heavy atom. The molecule has 1 fully saturated rings. The Morgan fingerprint density at radius 2 is 1.83 bits per heavy atom. The molecule has 0 aliphatic carbocycles. The fourth-order valence-corrected chi connectivity index (χ4v) is 6.82. The van der Waals surface area contributed by atoms with Crippen molar-refractivity contribution < 1.29 is 17.6 Å². The van der Waals surface area contributed by atoms with Crippen molar-refractivity contribution in [3.05, 3.63) is 52.9 Å². The van der Waals surface area contributed by atoms with Gasteiger partial charge in [0.1, 0.15) is 11.9 Å². The van der Waals surface area contributed by atoms with Gasteiger partial charge in [-0.15, -0.1) is 11.3 Å². The molecule has 1 aliphatic rings. The number of aromatic nitrogens is 2. The fraction of sp³-hybridized carbons (Fsp3) is 0.182. The van der Waals surface area contributed by atoms with E-state index in [0.29, 0.717) is 41.0 Å². The molecule has 13 heteroatoms. The first kappa shape index (κ1) is 23.3. The normalized spacial score (nSPS) is 14.5. The maximum absolute atomic E-state index is 14.2. The number of amides is 2. The lowest BCUT2D eigenvalue weighted by molar-refractivity contribution is 0.248. The Labute approximate surface area is 207 Å². The van der Waals surface area contributed by atoms with Crippen LogP contribution in [0, 0.1) is 24.1 Å². The maximum atomic E-state index is 14.2. The summed E-state index contributed by atoms with van der Waals surface area (Å²) in [6, 6.07) is 11.5. The van der Waals surface area contributed by atoms with Gasteiger partial charge in [-0.1, -0.05) is 23.5 Å². The number of halogens is 1. The summed E-state index contributed by atoms with van der Waals surface area (Å²) in [7, 11) is -3.93. The van der Waals surface area contributed by atoms with Crippen LogP contribution in [0.3, 0.4) is 0 Å². The van der Waals surface area contributed by atoms with E-state index in [1.54, 1.807) is 29.2 Å². The number of hydrogen-bond acceptors (Lipinski definition) is 8. The monoisotopic (exact) mass is 528 g/mol. The number of rotatable bonds is 4. The third-order valence-electron chi connectivity index (χ3n) is 5.50. The summed E-state index contributed by atoms with van der Waals surface area (Å²) in [6.45, 7) is 2.42. The molecule has 3 heterocycles. The van der Waals surface area contributed by atoms with Crippen LogP contribution >= 0.6 is 22.7 Å². The first-order chi connectivity index (χ1) is 16.7. The smallest absolute Gasteiger partial charge is 0.294 e. The lowest BCUT2D eigenvalue weighted by Gasteiger charge is -2.34. The molecule has 5 rings (SSSR count). The predicted octanol–water partition coefficient (Wildman–Crippen LogP) is 4.22. The molecule has 2 aromatic carbocycles. The number of nitrogens with two attached hydrogens (primary N) is 1. The van der Waals surface area contributed by atoms with E-state index in [1.807, 2.05) is 6.07 Å². The minimum atomic E-state index is -3.93. The van der Waals surface area contributed by atoms with Crippen LogP contribution in [0.15, 0.2) is 40.6 Å². The highest BCUT2D eigenvalue weighted by molar-refractivity contribution is 7.91. The summed E-state index contributed by atoms with van der Waals surface area (Å²) in [5, 5.41) is 14.9. The number of hydrogen-bond donors (Lipinski definition) is 1. The third kappa shape index (κ3) is 4.25. The van der Waals surface area contributed by atoms with Crippen LogP contribution in [0.5, 0.6) is 0 Å². The average Bonchev–Trinajstić information content (AvgIpc) is 3.42. The van der Waals surface area contributed by atoms with E-state index in [-0.39, 0.29) is 26.1 Å². The van der Waals surface area contributed by atoms with E-state index in [9.17, 15) is 17.6 Å². The second-order valence-corrected chi connectivity index (χ2v) is 11.6. The van der Waals surface area contributed by atoms with Crippen LogP contribution < -0.4 is 14.9 Å². The zero-order valence-electron chi connectivity index (χ0n) is 18.2. The minimum absolute atomic E-state index is 0.0641. The van der Waals surface area contributed by atoms with Crippen molar-refractivity contribution in [2.45, 2.75) is 17.6 Å². The summed E-state index contributed by atoms with van der Waals surface area (Å²) >= 11 is 2.07. The van der Waals surface area contributed by atoms with Gasteiger partial charge < -0.3 is 0 Å². The molecular weight excluding hydrogens is 511 g/mol. The molecule has 0 bridgehead atoms. The number of carbonyl (C=O) groups is 1. The van der Waals surface area contributed by atoms with Crippen LogP contribution in [0.2, 0.25) is 0 Å². The minimum Gasteiger partial charge on any atom is -0.294 e. The van der Waals surface area contributed by atoms with E-state index in [2.05, 4.69) is 9.97 Å². The highest BCUT2D eigenvalue weighted by Gasteiger charge is 2.31. The molecule has 2 amide bonds. The number of nitrogens with zero attached hydrogens (tertiary/aromatic N) is 5. The number of fused-ring (bicyclic) bond motifs is 1. The van der Waals surface area contributed by atoms with Crippen LogP contribution in [-0.2, 0) is 10.0 Å². The molecule has 2 N–H and O–H groups in total. The molecule has 0 saturated carbocycles. The quantitative estimate of drug-likeness (QED) is 0.422. The molecule has 0 unspecified atom stereocenters. The highest BCUT2D eigenvalue weighted by Crippen LogP contribution is 2.36. The molecule has 178 valence electrons. The summed E-state index contributed by atoms with van der Waals surface area (Å²) in [5.74, 6) is -0.453. The number of benzene rings is 2. The van der Waals surface area contributed by atoms with Gasteiger partial charge in [-0.05, 0) is 37.1 Å². The number of anilines is 2. The lowest BCUT2D eigenvalue weighted by Crippen LogP contribution is -2.49. The van der Waals surface area contributed by atoms with Gasteiger partial charge >= 0.3 is 6.03 Å². The van der Waals surface area contributed by atoms with E-state index in [1.165, 1.54) is 35.3 Å². The standard InChI is InChI=1S/C22H17FN6O3S3/c1-12-20(35(25,31)32)34-21(26-12)29-8-2-7-28(22(29)30)15-5-3-13(4-6-15)16-9-14(23)10-17-19(16)33-18(11-24)27-17/h3-6,9-10H,2,7-8H2,1H3,(H2,25,31,32). The topological polar surface area (TPSA) is 133 Å². The number of sulfonamides is 1.